The summed E-state index contributed by atoms with van der Waals surface area (Å²) < 4.78 is 66.3. The number of halogens is 3. The smallest absolute Gasteiger partial charge is 0.416 e. The van der Waals surface area contributed by atoms with E-state index in [0.717, 1.165) is 16.4 Å². The number of hydrogen-bond donors (Lipinski definition) is 1. The molecule has 2 aromatic heterocycles. The van der Waals surface area contributed by atoms with Crippen LogP contribution in [0, 0.1) is 0 Å². The van der Waals surface area contributed by atoms with Crippen molar-refractivity contribution in [2.45, 2.75) is 17.1 Å². The monoisotopic (exact) mass is 462 g/mol. The highest BCUT2D eigenvalue weighted by molar-refractivity contribution is 7.89. The van der Waals surface area contributed by atoms with Gasteiger partial charge in [-0.1, -0.05) is 11.3 Å². The van der Waals surface area contributed by atoms with Gasteiger partial charge in [0.15, 0.2) is 0 Å². The lowest BCUT2D eigenvalue weighted by atomic mass is 10.2. The number of fused-ring (bicyclic) bond motifs is 1. The Hall–Kier alpha value is -2.78. The van der Waals surface area contributed by atoms with Crippen molar-refractivity contribution in [1.29, 1.82) is 0 Å². The van der Waals surface area contributed by atoms with Crippen molar-refractivity contribution in [1.82, 2.24) is 24.1 Å². The molecule has 1 saturated heterocycles. The summed E-state index contributed by atoms with van der Waals surface area (Å²) in [7, 11) is -4.32. The number of carbonyl (C=O) groups is 1. The van der Waals surface area contributed by atoms with E-state index in [-0.39, 0.29) is 19.6 Å². The Balaban J connectivity index is 1.60. The van der Waals surface area contributed by atoms with Gasteiger partial charge >= 0.3 is 12.1 Å². The highest BCUT2D eigenvalue weighted by Crippen LogP contribution is 2.31. The molecule has 4 rings (SSSR count). The van der Waals surface area contributed by atoms with Crippen LogP contribution in [0.25, 0.3) is 4.96 Å². The third-order valence-corrected chi connectivity index (χ3v) is 7.45. The predicted octanol–water partition coefficient (Wildman–Crippen LogP) is 1.17. The first-order chi connectivity index (χ1) is 14.1. The van der Waals surface area contributed by atoms with Gasteiger partial charge in [0, 0.05) is 19.6 Å². The van der Waals surface area contributed by atoms with Crippen molar-refractivity contribution in [2.24, 2.45) is 0 Å². The predicted molar refractivity (Wildman–Crippen MR) is 97.6 cm³/mol. The van der Waals surface area contributed by atoms with E-state index in [2.05, 4.69) is 15.3 Å². The second-order valence-electron chi connectivity index (χ2n) is 6.38. The third-order valence-electron chi connectivity index (χ3n) is 4.55. The minimum absolute atomic E-state index is 0.147. The van der Waals surface area contributed by atoms with Crippen LogP contribution in [0.3, 0.4) is 0 Å². The number of anilines is 1. The molecule has 1 aliphatic rings. The van der Waals surface area contributed by atoms with Gasteiger partial charge in [0.2, 0.25) is 20.1 Å². The fraction of sp³-hybridized carbons (Fsp3) is 0.333. The molecule has 1 aromatic carbocycles. The summed E-state index contributed by atoms with van der Waals surface area (Å²) in [6, 6.07) is 1.51. The van der Waals surface area contributed by atoms with E-state index in [1.165, 1.54) is 22.2 Å². The van der Waals surface area contributed by atoms with Gasteiger partial charge in [-0.15, -0.1) is 15.3 Å². The average molecular weight is 462 g/mol. The van der Waals surface area contributed by atoms with Gasteiger partial charge < -0.3 is 10.0 Å². The van der Waals surface area contributed by atoms with Gasteiger partial charge in [0.05, 0.1) is 10.5 Å². The SMILES string of the molecule is O=C(O)[C@H]1CN(c2nn3cnnc3s2)CCN1S(=O)(=O)c1ccc(C(F)(F)F)cc1. The lowest BCUT2D eigenvalue weighted by Crippen LogP contribution is -2.58. The second-order valence-corrected chi connectivity index (χ2v) is 9.21. The number of nitrogens with zero attached hydrogens (tertiary/aromatic N) is 6. The minimum atomic E-state index is -4.61. The van der Waals surface area contributed by atoms with E-state index in [4.69, 9.17) is 0 Å². The van der Waals surface area contributed by atoms with Crippen LogP contribution in [0.15, 0.2) is 35.5 Å². The van der Waals surface area contributed by atoms with Crippen molar-refractivity contribution < 1.29 is 31.5 Å². The van der Waals surface area contributed by atoms with Crippen LogP contribution in [0.5, 0.6) is 0 Å². The van der Waals surface area contributed by atoms with Crippen LogP contribution >= 0.6 is 11.3 Å². The number of rotatable bonds is 4. The van der Waals surface area contributed by atoms with Crippen molar-refractivity contribution in [2.75, 3.05) is 24.5 Å². The molecule has 0 amide bonds. The van der Waals surface area contributed by atoms with Crippen molar-refractivity contribution in [3.8, 4) is 0 Å². The molecule has 1 fully saturated rings. The molecule has 15 heteroatoms. The number of aromatic nitrogens is 4. The number of alkyl halides is 3. The number of benzene rings is 1. The summed E-state index contributed by atoms with van der Waals surface area (Å²) in [4.78, 5) is 13.5. The number of piperazine rings is 1. The van der Waals surface area contributed by atoms with Gasteiger partial charge in [0.1, 0.15) is 12.4 Å². The third kappa shape index (κ3) is 3.59. The summed E-state index contributed by atoms with van der Waals surface area (Å²) in [6.07, 6.45) is -3.23. The number of carboxylic acids is 1. The van der Waals surface area contributed by atoms with Gasteiger partial charge in [-0.05, 0) is 24.3 Å². The summed E-state index contributed by atoms with van der Waals surface area (Å²) in [5, 5.41) is 21.8. The Morgan fingerprint density at radius 2 is 1.90 bits per heavy atom. The molecular formula is C15H13F3N6O4S2. The van der Waals surface area contributed by atoms with Crippen LogP contribution in [-0.4, -0.2) is 69.3 Å². The van der Waals surface area contributed by atoms with Gasteiger partial charge in [0.25, 0.3) is 0 Å². The summed E-state index contributed by atoms with van der Waals surface area (Å²) in [5.41, 5.74) is -0.996. The largest absolute Gasteiger partial charge is 0.480 e. The van der Waals surface area contributed by atoms with Crippen LogP contribution in [0.4, 0.5) is 18.3 Å². The second kappa shape index (κ2) is 7.17. The molecule has 1 aliphatic heterocycles. The summed E-state index contributed by atoms with van der Waals surface area (Å²) in [5.74, 6) is -1.38. The average Bonchev–Trinajstić information content (AvgIpc) is 3.29. The number of aliphatic carboxylic acids is 1. The Bertz CT molecular complexity index is 1160. The van der Waals surface area contributed by atoms with Crippen molar-refractivity contribution in [3.05, 3.63) is 36.2 Å². The van der Waals surface area contributed by atoms with E-state index in [0.29, 0.717) is 22.2 Å². The standard InChI is InChI=1S/C15H13F3N6O4S2/c16-15(17,18)9-1-3-10(4-2-9)30(27,28)24-6-5-22(7-11(24)12(25)26)14-21-23-8-19-20-13(23)29-14/h1-4,8,11H,5-7H2,(H,25,26)/t11-/m1/s1. The maximum absolute atomic E-state index is 12.9. The Morgan fingerprint density at radius 1 is 1.20 bits per heavy atom. The molecule has 3 aromatic rings. The maximum atomic E-state index is 12.9. The number of sulfonamides is 1. The molecule has 10 nitrogen and oxygen atoms in total. The zero-order valence-electron chi connectivity index (χ0n) is 14.9. The molecule has 160 valence electrons. The molecule has 0 spiro atoms. The molecule has 1 N–H and O–H groups in total. The highest BCUT2D eigenvalue weighted by atomic mass is 32.2. The normalized spacial score (nSPS) is 18.8. The minimum Gasteiger partial charge on any atom is -0.480 e. The zero-order valence-corrected chi connectivity index (χ0v) is 16.5. The topological polar surface area (TPSA) is 121 Å². The molecule has 30 heavy (non-hydrogen) atoms. The number of hydrogen-bond acceptors (Lipinski definition) is 8. The van der Waals surface area contributed by atoms with Crippen molar-refractivity contribution >= 4 is 37.4 Å². The molecule has 0 saturated carbocycles. The maximum Gasteiger partial charge on any atom is 0.416 e. The van der Waals surface area contributed by atoms with Crippen LogP contribution in [0.1, 0.15) is 5.56 Å². The molecule has 0 bridgehead atoms. The quantitative estimate of drug-likeness (QED) is 0.613. The zero-order chi connectivity index (χ0) is 21.7. The first-order valence-corrected chi connectivity index (χ1v) is 10.7. The fourth-order valence-electron chi connectivity index (χ4n) is 3.06. The van der Waals surface area contributed by atoms with E-state index in [9.17, 15) is 31.5 Å². The van der Waals surface area contributed by atoms with E-state index in [1.54, 1.807) is 4.90 Å². The van der Waals surface area contributed by atoms with Gasteiger partial charge in [-0.3, -0.25) is 4.79 Å². The van der Waals surface area contributed by atoms with Crippen molar-refractivity contribution in [3.63, 3.8) is 0 Å². The van der Waals surface area contributed by atoms with E-state index < -0.39 is 38.7 Å². The summed E-state index contributed by atoms with van der Waals surface area (Å²) in [6.45, 7) is -0.215. The van der Waals surface area contributed by atoms with Crippen LogP contribution in [0.2, 0.25) is 0 Å². The molecule has 0 aliphatic carbocycles. The Morgan fingerprint density at radius 3 is 2.50 bits per heavy atom. The highest BCUT2D eigenvalue weighted by Gasteiger charge is 2.41. The molecular weight excluding hydrogens is 449 g/mol. The van der Waals surface area contributed by atoms with Crippen LogP contribution in [-0.2, 0) is 21.0 Å². The Kier molecular flexibility index (Phi) is 4.90. The lowest BCUT2D eigenvalue weighted by Gasteiger charge is -2.38. The van der Waals surface area contributed by atoms with E-state index >= 15 is 0 Å². The van der Waals surface area contributed by atoms with Gasteiger partial charge in [-0.2, -0.15) is 22.0 Å². The fourth-order valence-corrected chi connectivity index (χ4v) is 5.48. The molecule has 0 radical (unpaired) electrons. The summed E-state index contributed by atoms with van der Waals surface area (Å²) >= 11 is 1.17. The molecule has 3 heterocycles. The Labute approximate surface area is 171 Å². The molecule has 1 atom stereocenters. The first-order valence-electron chi connectivity index (χ1n) is 8.41. The first kappa shape index (κ1) is 20.5. The number of carboxylic acid groups (broad SMARTS) is 1. The lowest BCUT2D eigenvalue weighted by molar-refractivity contribution is -0.141. The van der Waals surface area contributed by atoms with Crippen LogP contribution < -0.4 is 4.90 Å². The van der Waals surface area contributed by atoms with E-state index in [1.807, 2.05) is 0 Å². The molecule has 0 unspecified atom stereocenters. The van der Waals surface area contributed by atoms with Gasteiger partial charge in [-0.25, -0.2) is 8.42 Å².